The van der Waals surface area contributed by atoms with Gasteiger partial charge in [-0.3, -0.25) is 4.79 Å². The Morgan fingerprint density at radius 3 is 2.73 bits per heavy atom. The zero-order valence-corrected chi connectivity index (χ0v) is 9.49. The van der Waals surface area contributed by atoms with Crippen LogP contribution >= 0.6 is 0 Å². The number of rotatable bonds is 4. The van der Waals surface area contributed by atoms with Crippen LogP contribution < -0.4 is 5.73 Å². The fraction of sp³-hybridized carbons (Fsp3) is 0.545. The molecule has 1 aromatic rings. The number of carbonyl (C=O) groups is 1. The van der Waals surface area contributed by atoms with Crippen LogP contribution in [0.4, 0.5) is 0 Å². The second-order valence-corrected chi connectivity index (χ2v) is 3.62. The summed E-state index contributed by atoms with van der Waals surface area (Å²) in [4.78, 5) is 13.4. The molecular weight excluding hydrogens is 192 g/mol. The third-order valence-electron chi connectivity index (χ3n) is 2.54. The first-order chi connectivity index (χ1) is 7.10. The van der Waals surface area contributed by atoms with E-state index in [-0.39, 0.29) is 11.9 Å². The van der Waals surface area contributed by atoms with Crippen molar-refractivity contribution in [3.05, 3.63) is 23.7 Å². The van der Waals surface area contributed by atoms with Gasteiger partial charge in [0.05, 0.1) is 0 Å². The molecule has 0 radical (unpaired) electrons. The molecule has 1 amide bonds. The van der Waals surface area contributed by atoms with E-state index in [1.165, 1.54) is 0 Å². The van der Waals surface area contributed by atoms with E-state index in [9.17, 15) is 4.79 Å². The van der Waals surface area contributed by atoms with Gasteiger partial charge >= 0.3 is 0 Å². The number of hydrogen-bond donors (Lipinski definition) is 1. The predicted molar refractivity (Wildman–Crippen MR) is 58.7 cm³/mol. The molecule has 0 aliphatic carbocycles. The molecule has 4 heteroatoms. The Bertz CT molecular complexity index is 333. The predicted octanol–water partition coefficient (Wildman–Crippen LogP) is 1.26. The van der Waals surface area contributed by atoms with Gasteiger partial charge in [-0.05, 0) is 19.1 Å². The normalized spacial score (nSPS) is 12.5. The number of likely N-dealkylation sites (N-methyl/N-ethyl adjacent to an activating group) is 1. The van der Waals surface area contributed by atoms with Crippen LogP contribution in [0.15, 0.2) is 16.5 Å². The zero-order valence-electron chi connectivity index (χ0n) is 9.49. The molecule has 4 nitrogen and oxygen atoms in total. The molecule has 0 aromatic carbocycles. The van der Waals surface area contributed by atoms with Crippen LogP contribution in [0.1, 0.15) is 30.2 Å². The maximum atomic E-state index is 11.9. The van der Waals surface area contributed by atoms with Crippen LogP contribution in [0.25, 0.3) is 0 Å². The number of nitrogens with two attached hydrogens (primary N) is 1. The largest absolute Gasteiger partial charge is 0.456 e. The summed E-state index contributed by atoms with van der Waals surface area (Å²) in [7, 11) is 1.73. The number of hydrogen-bond acceptors (Lipinski definition) is 3. The highest BCUT2D eigenvalue weighted by Crippen LogP contribution is 2.11. The fourth-order valence-electron chi connectivity index (χ4n) is 1.21. The van der Waals surface area contributed by atoms with Gasteiger partial charge in [-0.15, -0.1) is 0 Å². The Kier molecular flexibility index (Phi) is 3.91. The van der Waals surface area contributed by atoms with Crippen molar-refractivity contribution in [1.82, 2.24) is 4.90 Å². The van der Waals surface area contributed by atoms with Crippen molar-refractivity contribution >= 4 is 5.91 Å². The highest BCUT2D eigenvalue weighted by Gasteiger charge is 2.19. The molecule has 0 aliphatic heterocycles. The second-order valence-electron chi connectivity index (χ2n) is 3.62. The first-order valence-corrected chi connectivity index (χ1v) is 5.16. The van der Waals surface area contributed by atoms with Gasteiger partial charge in [0.25, 0.3) is 5.91 Å². The number of aryl methyl sites for hydroxylation is 1. The van der Waals surface area contributed by atoms with Gasteiger partial charge in [0.1, 0.15) is 5.76 Å². The monoisotopic (exact) mass is 210 g/mol. The molecule has 1 heterocycles. The van der Waals surface area contributed by atoms with Crippen molar-refractivity contribution in [1.29, 1.82) is 0 Å². The molecule has 0 aliphatic rings. The summed E-state index contributed by atoms with van der Waals surface area (Å²) in [5.41, 5.74) is 5.50. The third kappa shape index (κ3) is 2.59. The summed E-state index contributed by atoms with van der Waals surface area (Å²) in [6.45, 7) is 4.34. The molecule has 1 atom stereocenters. The number of amides is 1. The minimum Gasteiger partial charge on any atom is -0.456 e. The van der Waals surface area contributed by atoms with Crippen molar-refractivity contribution in [2.45, 2.75) is 26.3 Å². The van der Waals surface area contributed by atoms with Crippen LogP contribution in [-0.4, -0.2) is 30.4 Å². The standard InChI is InChI=1S/C11H18N2O2/c1-4-9-5-6-10(15-9)11(14)13(3)8(2)7-12/h5-6,8H,4,7,12H2,1-3H3. The van der Waals surface area contributed by atoms with E-state index < -0.39 is 0 Å². The van der Waals surface area contributed by atoms with Crippen LogP contribution in [0.2, 0.25) is 0 Å². The summed E-state index contributed by atoms with van der Waals surface area (Å²) in [6.07, 6.45) is 0.795. The Balaban J connectivity index is 2.75. The highest BCUT2D eigenvalue weighted by molar-refractivity contribution is 5.91. The molecule has 1 unspecified atom stereocenters. The number of carbonyl (C=O) groups excluding carboxylic acids is 1. The van der Waals surface area contributed by atoms with E-state index in [0.717, 1.165) is 12.2 Å². The van der Waals surface area contributed by atoms with Crippen LogP contribution in [-0.2, 0) is 6.42 Å². The van der Waals surface area contributed by atoms with E-state index in [0.29, 0.717) is 12.3 Å². The Labute approximate surface area is 90.0 Å². The SMILES string of the molecule is CCc1ccc(C(=O)N(C)C(C)CN)o1. The molecule has 0 saturated carbocycles. The topological polar surface area (TPSA) is 59.5 Å². The second kappa shape index (κ2) is 4.98. The van der Waals surface area contributed by atoms with Crippen LogP contribution in [0, 0.1) is 0 Å². The van der Waals surface area contributed by atoms with Gasteiger partial charge in [0.2, 0.25) is 0 Å². The molecule has 0 saturated heterocycles. The summed E-state index contributed by atoms with van der Waals surface area (Å²) >= 11 is 0. The molecule has 2 N–H and O–H groups in total. The van der Waals surface area contributed by atoms with Gasteiger partial charge in [-0.1, -0.05) is 6.92 Å². The quantitative estimate of drug-likeness (QED) is 0.814. The lowest BCUT2D eigenvalue weighted by atomic mass is 10.3. The molecule has 1 aromatic heterocycles. The molecule has 0 fully saturated rings. The van der Waals surface area contributed by atoms with Crippen molar-refractivity contribution in [3.63, 3.8) is 0 Å². The Morgan fingerprint density at radius 2 is 2.27 bits per heavy atom. The van der Waals surface area contributed by atoms with Gasteiger partial charge in [0, 0.05) is 26.1 Å². The van der Waals surface area contributed by atoms with Gasteiger partial charge in [-0.2, -0.15) is 0 Å². The van der Waals surface area contributed by atoms with Crippen molar-refractivity contribution in [2.24, 2.45) is 5.73 Å². The van der Waals surface area contributed by atoms with Gasteiger partial charge < -0.3 is 15.1 Å². The third-order valence-corrected chi connectivity index (χ3v) is 2.54. The molecule has 84 valence electrons. The summed E-state index contributed by atoms with van der Waals surface area (Å²) in [6, 6.07) is 3.56. The van der Waals surface area contributed by atoms with E-state index in [1.807, 2.05) is 19.9 Å². The average Bonchev–Trinajstić information content (AvgIpc) is 2.74. The lowest BCUT2D eigenvalue weighted by Gasteiger charge is -2.22. The minimum atomic E-state index is -0.118. The minimum absolute atomic E-state index is 0.0210. The summed E-state index contributed by atoms with van der Waals surface area (Å²) in [5, 5.41) is 0. The maximum absolute atomic E-state index is 11.9. The van der Waals surface area contributed by atoms with Gasteiger partial charge in [-0.25, -0.2) is 0 Å². The molecule has 15 heavy (non-hydrogen) atoms. The zero-order chi connectivity index (χ0) is 11.4. The highest BCUT2D eigenvalue weighted by atomic mass is 16.4. The van der Waals surface area contributed by atoms with Crippen LogP contribution in [0.5, 0.6) is 0 Å². The average molecular weight is 210 g/mol. The Hall–Kier alpha value is -1.29. The first kappa shape index (κ1) is 11.8. The molecule has 0 spiro atoms. The number of furan rings is 1. The van der Waals surface area contributed by atoms with E-state index in [4.69, 9.17) is 10.2 Å². The molecule has 1 rings (SSSR count). The van der Waals surface area contributed by atoms with Gasteiger partial charge in [0.15, 0.2) is 5.76 Å². The summed E-state index contributed by atoms with van der Waals surface area (Å²) < 4.78 is 5.38. The van der Waals surface area contributed by atoms with Crippen molar-refractivity contribution in [3.8, 4) is 0 Å². The molecular formula is C11H18N2O2. The van der Waals surface area contributed by atoms with E-state index in [1.54, 1.807) is 18.0 Å². The lowest BCUT2D eigenvalue weighted by molar-refractivity contribution is 0.0714. The first-order valence-electron chi connectivity index (χ1n) is 5.16. The fourth-order valence-corrected chi connectivity index (χ4v) is 1.21. The van der Waals surface area contributed by atoms with E-state index in [2.05, 4.69) is 0 Å². The number of nitrogens with zero attached hydrogens (tertiary/aromatic N) is 1. The lowest BCUT2D eigenvalue weighted by Crippen LogP contribution is -2.39. The van der Waals surface area contributed by atoms with E-state index >= 15 is 0 Å². The van der Waals surface area contributed by atoms with Crippen molar-refractivity contribution in [2.75, 3.05) is 13.6 Å². The smallest absolute Gasteiger partial charge is 0.289 e. The Morgan fingerprint density at radius 1 is 1.60 bits per heavy atom. The molecule has 0 bridgehead atoms. The van der Waals surface area contributed by atoms with Crippen molar-refractivity contribution < 1.29 is 9.21 Å². The summed E-state index contributed by atoms with van der Waals surface area (Å²) in [5.74, 6) is 1.09. The maximum Gasteiger partial charge on any atom is 0.289 e. The van der Waals surface area contributed by atoms with Crippen LogP contribution in [0.3, 0.4) is 0 Å².